The smallest absolute Gasteiger partial charge is 0.325 e. The number of pyridine rings is 1. The number of carbonyl (C=O) groups is 2. The van der Waals surface area contributed by atoms with E-state index in [-0.39, 0.29) is 16.9 Å². The van der Waals surface area contributed by atoms with Crippen molar-refractivity contribution < 1.29 is 19.4 Å². The fourth-order valence-corrected chi connectivity index (χ4v) is 2.17. The van der Waals surface area contributed by atoms with Crippen molar-refractivity contribution in [2.45, 2.75) is 26.4 Å². The lowest BCUT2D eigenvalue weighted by Crippen LogP contribution is -2.37. The zero-order chi connectivity index (χ0) is 19.6. The van der Waals surface area contributed by atoms with Crippen molar-refractivity contribution >= 4 is 22.9 Å². The van der Waals surface area contributed by atoms with E-state index in [9.17, 15) is 19.5 Å². The number of aromatic nitrogens is 3. The first-order valence-corrected chi connectivity index (χ1v) is 7.54. The average molecular weight is 359 g/mol. The van der Waals surface area contributed by atoms with Crippen LogP contribution in [0.4, 0.5) is 0 Å². The van der Waals surface area contributed by atoms with Gasteiger partial charge in [-0.05, 0) is 20.8 Å². The first-order valence-electron chi connectivity index (χ1n) is 7.54. The van der Waals surface area contributed by atoms with Crippen LogP contribution in [-0.2, 0) is 16.6 Å². The molecule has 0 atom stereocenters. The van der Waals surface area contributed by atoms with E-state index in [0.717, 1.165) is 10.8 Å². The molecule has 0 radical (unpaired) electrons. The standard InChI is InChI=1S/C16H17N5O5/c1-16(2,3)26-10(22)7-19-14(24)11-12(23)8-6-18-9(5-17)20-13(8)21(4)15(11)25/h6,23H,7H2,1-4H3,(H,19,24). The van der Waals surface area contributed by atoms with E-state index in [1.807, 2.05) is 0 Å². The van der Waals surface area contributed by atoms with Crippen molar-refractivity contribution in [3.8, 4) is 11.8 Å². The van der Waals surface area contributed by atoms with Gasteiger partial charge >= 0.3 is 5.97 Å². The molecule has 1 amide bonds. The molecule has 0 aromatic carbocycles. The number of fused-ring (bicyclic) bond motifs is 1. The number of carbonyl (C=O) groups excluding carboxylic acids is 2. The van der Waals surface area contributed by atoms with Crippen LogP contribution in [0.2, 0.25) is 0 Å². The first-order chi connectivity index (χ1) is 12.0. The summed E-state index contributed by atoms with van der Waals surface area (Å²) in [6.45, 7) is 4.55. The number of nitrogens with one attached hydrogen (secondary N) is 1. The summed E-state index contributed by atoms with van der Waals surface area (Å²) in [4.78, 5) is 43.9. The number of nitriles is 1. The Morgan fingerprint density at radius 2 is 2.08 bits per heavy atom. The molecule has 2 heterocycles. The molecule has 26 heavy (non-hydrogen) atoms. The van der Waals surface area contributed by atoms with E-state index in [2.05, 4.69) is 15.3 Å². The highest BCUT2D eigenvalue weighted by Crippen LogP contribution is 2.24. The van der Waals surface area contributed by atoms with E-state index < -0.39 is 40.9 Å². The Labute approximate surface area is 148 Å². The van der Waals surface area contributed by atoms with E-state index in [4.69, 9.17) is 10.00 Å². The van der Waals surface area contributed by atoms with Crippen LogP contribution >= 0.6 is 0 Å². The molecular formula is C16H17N5O5. The van der Waals surface area contributed by atoms with Gasteiger partial charge in [0.1, 0.15) is 29.5 Å². The number of aromatic hydroxyl groups is 1. The quantitative estimate of drug-likeness (QED) is 0.727. The molecule has 2 aromatic heterocycles. The Kier molecular flexibility index (Phi) is 4.93. The van der Waals surface area contributed by atoms with Gasteiger partial charge in [-0.15, -0.1) is 0 Å². The maximum atomic E-state index is 12.4. The minimum absolute atomic E-state index is 0.00254. The number of amides is 1. The third kappa shape index (κ3) is 3.77. The van der Waals surface area contributed by atoms with Crippen LogP contribution in [0, 0.1) is 11.3 Å². The lowest BCUT2D eigenvalue weighted by molar-refractivity contribution is -0.153. The minimum Gasteiger partial charge on any atom is -0.506 e. The van der Waals surface area contributed by atoms with Crippen molar-refractivity contribution in [3.63, 3.8) is 0 Å². The van der Waals surface area contributed by atoms with E-state index in [1.54, 1.807) is 26.8 Å². The van der Waals surface area contributed by atoms with Crippen LogP contribution in [0.25, 0.3) is 11.0 Å². The Hall–Kier alpha value is -3.48. The lowest BCUT2D eigenvalue weighted by Gasteiger charge is -2.19. The molecule has 0 saturated carbocycles. The molecule has 0 spiro atoms. The van der Waals surface area contributed by atoms with E-state index in [0.29, 0.717) is 0 Å². The predicted octanol–water partition coefficient (Wildman–Crippen LogP) is -0.0227. The summed E-state index contributed by atoms with van der Waals surface area (Å²) in [5.74, 6) is -2.45. The molecule has 10 nitrogen and oxygen atoms in total. The van der Waals surface area contributed by atoms with Crippen LogP contribution in [0.1, 0.15) is 37.0 Å². The Bertz CT molecular complexity index is 997. The Balaban J connectivity index is 2.38. The molecule has 0 unspecified atom stereocenters. The number of hydrogen-bond acceptors (Lipinski definition) is 8. The van der Waals surface area contributed by atoms with Crippen LogP contribution in [0.3, 0.4) is 0 Å². The largest absolute Gasteiger partial charge is 0.506 e. The van der Waals surface area contributed by atoms with Crippen LogP contribution < -0.4 is 10.9 Å². The van der Waals surface area contributed by atoms with Gasteiger partial charge in [0.05, 0.1) is 5.39 Å². The summed E-state index contributed by atoms with van der Waals surface area (Å²) in [6.07, 6.45) is 1.14. The third-order valence-corrected chi connectivity index (χ3v) is 3.24. The molecule has 0 bridgehead atoms. The first kappa shape index (κ1) is 18.9. The molecule has 0 fully saturated rings. The van der Waals surface area contributed by atoms with Gasteiger partial charge in [0.2, 0.25) is 5.82 Å². The second-order valence-electron chi connectivity index (χ2n) is 6.40. The summed E-state index contributed by atoms with van der Waals surface area (Å²) in [7, 11) is 1.34. The molecule has 0 saturated heterocycles. The van der Waals surface area contributed by atoms with Crippen LogP contribution in [0.15, 0.2) is 11.0 Å². The van der Waals surface area contributed by atoms with Crippen molar-refractivity contribution in [1.82, 2.24) is 19.9 Å². The highest BCUT2D eigenvalue weighted by Gasteiger charge is 2.24. The second-order valence-corrected chi connectivity index (χ2v) is 6.40. The maximum Gasteiger partial charge on any atom is 0.325 e. The van der Waals surface area contributed by atoms with Gasteiger partial charge in [-0.3, -0.25) is 19.0 Å². The van der Waals surface area contributed by atoms with Crippen molar-refractivity contribution in [3.05, 3.63) is 27.9 Å². The van der Waals surface area contributed by atoms with Crippen LogP contribution in [-0.4, -0.2) is 43.7 Å². The molecular weight excluding hydrogens is 342 g/mol. The van der Waals surface area contributed by atoms with Gasteiger partial charge in [-0.1, -0.05) is 0 Å². The van der Waals surface area contributed by atoms with Gasteiger partial charge in [0.25, 0.3) is 11.5 Å². The lowest BCUT2D eigenvalue weighted by atomic mass is 10.1. The van der Waals surface area contributed by atoms with E-state index in [1.165, 1.54) is 7.05 Å². The van der Waals surface area contributed by atoms with Gasteiger partial charge in [-0.2, -0.15) is 5.26 Å². The van der Waals surface area contributed by atoms with E-state index >= 15 is 0 Å². The molecule has 136 valence electrons. The minimum atomic E-state index is -0.944. The van der Waals surface area contributed by atoms with Crippen molar-refractivity contribution in [2.75, 3.05) is 6.54 Å². The number of hydrogen-bond donors (Lipinski definition) is 2. The van der Waals surface area contributed by atoms with Gasteiger partial charge in [0, 0.05) is 13.2 Å². The summed E-state index contributed by atoms with van der Waals surface area (Å²) < 4.78 is 6.07. The Morgan fingerprint density at radius 1 is 1.42 bits per heavy atom. The Morgan fingerprint density at radius 3 is 2.65 bits per heavy atom. The maximum absolute atomic E-state index is 12.4. The summed E-state index contributed by atoms with van der Waals surface area (Å²) in [5.41, 5.74) is -2.11. The predicted molar refractivity (Wildman–Crippen MR) is 89.3 cm³/mol. The molecule has 10 heteroatoms. The summed E-state index contributed by atoms with van der Waals surface area (Å²) >= 11 is 0. The van der Waals surface area contributed by atoms with Gasteiger partial charge in [0.15, 0.2) is 5.65 Å². The molecule has 0 aliphatic rings. The third-order valence-electron chi connectivity index (χ3n) is 3.24. The van der Waals surface area contributed by atoms with Gasteiger partial charge in [-0.25, -0.2) is 9.97 Å². The van der Waals surface area contributed by atoms with Gasteiger partial charge < -0.3 is 15.2 Å². The molecule has 2 aromatic rings. The SMILES string of the molecule is Cn1c(=O)c(C(=O)NCC(=O)OC(C)(C)C)c(O)c2cnc(C#N)nc21. The number of rotatable bonds is 3. The number of ether oxygens (including phenoxy) is 1. The number of aryl methyl sites for hydroxylation is 1. The zero-order valence-corrected chi connectivity index (χ0v) is 14.7. The van der Waals surface area contributed by atoms with Crippen molar-refractivity contribution in [1.29, 1.82) is 5.26 Å². The second kappa shape index (κ2) is 6.79. The molecule has 0 aliphatic carbocycles. The molecule has 2 N–H and O–H groups in total. The highest BCUT2D eigenvalue weighted by molar-refractivity contribution is 6.02. The number of esters is 1. The molecule has 0 aliphatic heterocycles. The normalized spacial score (nSPS) is 11.0. The van der Waals surface area contributed by atoms with Crippen LogP contribution in [0.5, 0.6) is 5.75 Å². The average Bonchev–Trinajstić information content (AvgIpc) is 2.56. The number of nitrogens with zero attached hydrogens (tertiary/aromatic N) is 4. The summed E-state index contributed by atoms with van der Waals surface area (Å²) in [6, 6.07) is 1.72. The zero-order valence-electron chi connectivity index (χ0n) is 14.7. The molecule has 2 rings (SSSR count). The topological polar surface area (TPSA) is 147 Å². The van der Waals surface area contributed by atoms with Crippen molar-refractivity contribution in [2.24, 2.45) is 7.05 Å². The monoisotopic (exact) mass is 359 g/mol. The summed E-state index contributed by atoms with van der Waals surface area (Å²) in [5, 5.41) is 21.4. The fraction of sp³-hybridized carbons (Fsp3) is 0.375. The highest BCUT2D eigenvalue weighted by atomic mass is 16.6. The fourth-order valence-electron chi connectivity index (χ4n) is 2.17.